The zero-order valence-corrected chi connectivity index (χ0v) is 24.8. The van der Waals surface area contributed by atoms with Gasteiger partial charge >= 0.3 is 0 Å². The molecule has 4 aromatic carbocycles. The highest BCUT2D eigenvalue weighted by Gasteiger charge is 2.27. The minimum Gasteiger partial charge on any atom is -0.339 e. The van der Waals surface area contributed by atoms with Crippen LogP contribution in [-0.2, 0) is 6.54 Å². The lowest BCUT2D eigenvalue weighted by Gasteiger charge is -2.32. The zero-order valence-electron chi connectivity index (χ0n) is 24.0. The summed E-state index contributed by atoms with van der Waals surface area (Å²) in [6.07, 6.45) is 1.86. The molecule has 7 heteroatoms. The third-order valence-electron chi connectivity index (χ3n) is 8.13. The molecule has 0 saturated carbocycles. The molecular weight excluding hydrogens is 556 g/mol. The number of nitrogens with zero attached hydrogens (tertiary/aromatic N) is 3. The summed E-state index contributed by atoms with van der Waals surface area (Å²) in [5.41, 5.74) is 5.46. The summed E-state index contributed by atoms with van der Waals surface area (Å²) in [6.45, 7) is 3.74. The lowest BCUT2D eigenvalue weighted by atomic mass is 9.89. The molecule has 0 radical (unpaired) electrons. The summed E-state index contributed by atoms with van der Waals surface area (Å²) >= 11 is 6.64. The average molecular weight is 589 g/mol. The van der Waals surface area contributed by atoms with E-state index in [0.717, 1.165) is 29.5 Å². The van der Waals surface area contributed by atoms with E-state index >= 15 is 0 Å². The quantitative estimate of drug-likeness (QED) is 0.211. The van der Waals surface area contributed by atoms with Gasteiger partial charge in [-0.05, 0) is 54.5 Å². The van der Waals surface area contributed by atoms with Gasteiger partial charge in [-0.15, -0.1) is 0 Å². The van der Waals surface area contributed by atoms with Gasteiger partial charge in [0.2, 0.25) is 0 Å². The van der Waals surface area contributed by atoms with E-state index in [0.29, 0.717) is 42.6 Å². The van der Waals surface area contributed by atoms with E-state index in [9.17, 15) is 9.59 Å². The Hall–Kier alpha value is -4.68. The predicted molar refractivity (Wildman–Crippen MR) is 172 cm³/mol. The van der Waals surface area contributed by atoms with E-state index in [1.165, 1.54) is 5.56 Å². The van der Waals surface area contributed by atoms with E-state index in [2.05, 4.69) is 34.6 Å². The highest BCUT2D eigenvalue weighted by Crippen LogP contribution is 2.30. The number of carbonyl (C=O) groups excluding carboxylic acids is 2. The van der Waals surface area contributed by atoms with Gasteiger partial charge in [0, 0.05) is 36.4 Å². The van der Waals surface area contributed by atoms with Gasteiger partial charge in [-0.2, -0.15) is 0 Å². The summed E-state index contributed by atoms with van der Waals surface area (Å²) in [4.78, 5) is 33.9. The van der Waals surface area contributed by atoms with Gasteiger partial charge < -0.3 is 14.8 Å². The Morgan fingerprint density at radius 1 is 0.860 bits per heavy atom. The van der Waals surface area contributed by atoms with Crippen LogP contribution in [0.2, 0.25) is 5.15 Å². The van der Waals surface area contributed by atoms with E-state index in [-0.39, 0.29) is 22.7 Å². The van der Waals surface area contributed by atoms with Crippen molar-refractivity contribution in [2.45, 2.75) is 32.2 Å². The fourth-order valence-corrected chi connectivity index (χ4v) is 6.07. The molecule has 2 heterocycles. The average Bonchev–Trinajstić information content (AvgIpc) is 3.38. The Kier molecular flexibility index (Phi) is 8.38. The van der Waals surface area contributed by atoms with Crippen molar-refractivity contribution >= 4 is 29.1 Å². The monoisotopic (exact) mass is 588 g/mol. The summed E-state index contributed by atoms with van der Waals surface area (Å²) < 4.78 is 1.85. The number of aromatic nitrogens is 2. The van der Waals surface area contributed by atoms with Crippen LogP contribution in [0.15, 0.2) is 109 Å². The number of carbonyl (C=O) groups is 2. The van der Waals surface area contributed by atoms with Crippen molar-refractivity contribution in [3.05, 3.63) is 142 Å². The van der Waals surface area contributed by atoms with E-state index in [4.69, 9.17) is 11.6 Å². The predicted octanol–water partition coefficient (Wildman–Crippen LogP) is 7.83. The standard InChI is InChI=1S/C36H33ClN4O2/c1-25-17-18-30(23-31(25)36(43)40-21-19-28(20-22-40)27-13-7-3-8-14-27)38-35(42)32-33(37)39-34(29-15-9-4-10-16-29)41(32)24-26-11-5-2-6-12-26/h2-18,23,28H,19-22,24H2,1H3,(H,38,42). The summed E-state index contributed by atoms with van der Waals surface area (Å²) in [7, 11) is 0. The fraction of sp³-hybridized carbons (Fsp3) is 0.194. The number of likely N-dealkylation sites (tertiary alicyclic amines) is 1. The highest BCUT2D eigenvalue weighted by atomic mass is 35.5. The topological polar surface area (TPSA) is 67.2 Å². The van der Waals surface area contributed by atoms with Crippen molar-refractivity contribution in [1.82, 2.24) is 14.5 Å². The van der Waals surface area contributed by atoms with Gasteiger partial charge in [-0.25, -0.2) is 4.98 Å². The van der Waals surface area contributed by atoms with Crippen LogP contribution in [-0.4, -0.2) is 39.4 Å². The molecule has 0 bridgehead atoms. The lowest BCUT2D eigenvalue weighted by Crippen LogP contribution is -2.38. The molecule has 6 nitrogen and oxygen atoms in total. The molecule has 1 aromatic heterocycles. The van der Waals surface area contributed by atoms with Crippen molar-refractivity contribution in [3.63, 3.8) is 0 Å². The van der Waals surface area contributed by atoms with Crippen molar-refractivity contribution < 1.29 is 9.59 Å². The maximum atomic E-state index is 13.8. The van der Waals surface area contributed by atoms with Gasteiger partial charge in [-0.1, -0.05) is 109 Å². The summed E-state index contributed by atoms with van der Waals surface area (Å²) in [6, 6.07) is 35.5. The maximum Gasteiger partial charge on any atom is 0.275 e. The third-order valence-corrected chi connectivity index (χ3v) is 8.40. The van der Waals surface area contributed by atoms with Gasteiger partial charge in [-0.3, -0.25) is 9.59 Å². The number of anilines is 1. The number of nitrogens with one attached hydrogen (secondary N) is 1. The number of hydrogen-bond acceptors (Lipinski definition) is 3. The second-order valence-electron chi connectivity index (χ2n) is 11.0. The Labute approximate surface area is 257 Å². The van der Waals surface area contributed by atoms with Crippen LogP contribution in [0.3, 0.4) is 0 Å². The Morgan fingerprint density at radius 3 is 2.16 bits per heavy atom. The first kappa shape index (κ1) is 28.4. The molecule has 0 aliphatic carbocycles. The number of rotatable bonds is 7. The number of aryl methyl sites for hydroxylation is 1. The summed E-state index contributed by atoms with van der Waals surface area (Å²) in [5, 5.41) is 3.11. The summed E-state index contributed by atoms with van der Waals surface area (Å²) in [5.74, 6) is 0.668. The largest absolute Gasteiger partial charge is 0.339 e. The van der Waals surface area contributed by atoms with Gasteiger partial charge in [0.25, 0.3) is 11.8 Å². The van der Waals surface area contributed by atoms with Gasteiger partial charge in [0.05, 0.1) is 0 Å². The number of amides is 2. The number of halogens is 1. The molecule has 1 aliphatic heterocycles. The zero-order chi connectivity index (χ0) is 29.8. The maximum absolute atomic E-state index is 13.8. The minimum atomic E-state index is -0.387. The van der Waals surface area contributed by atoms with Crippen molar-refractivity contribution in [3.8, 4) is 11.4 Å². The van der Waals surface area contributed by atoms with Crippen molar-refractivity contribution in [1.29, 1.82) is 0 Å². The molecule has 2 amide bonds. The smallest absolute Gasteiger partial charge is 0.275 e. The van der Waals surface area contributed by atoms with Crippen LogP contribution in [0.25, 0.3) is 11.4 Å². The Morgan fingerprint density at radius 2 is 1.49 bits per heavy atom. The molecule has 1 aliphatic rings. The van der Waals surface area contributed by atoms with E-state index in [1.54, 1.807) is 6.07 Å². The number of piperidine rings is 1. The van der Waals surface area contributed by atoms with Crippen molar-refractivity contribution in [2.75, 3.05) is 18.4 Å². The lowest BCUT2D eigenvalue weighted by molar-refractivity contribution is 0.0712. The second kappa shape index (κ2) is 12.7. The molecule has 216 valence electrons. The Bertz CT molecular complexity index is 1730. The van der Waals surface area contributed by atoms with Crippen molar-refractivity contribution in [2.24, 2.45) is 0 Å². The molecule has 1 fully saturated rings. The first-order valence-corrected chi connectivity index (χ1v) is 15.0. The fourth-order valence-electron chi connectivity index (χ4n) is 5.80. The third kappa shape index (κ3) is 6.25. The van der Waals surface area contributed by atoms with Gasteiger partial charge in [0.1, 0.15) is 11.5 Å². The number of hydrogen-bond donors (Lipinski definition) is 1. The molecule has 0 unspecified atom stereocenters. The van der Waals surface area contributed by atoms with Gasteiger partial charge in [0.15, 0.2) is 5.15 Å². The van der Waals surface area contributed by atoms with E-state index in [1.807, 2.05) is 95.3 Å². The SMILES string of the molecule is Cc1ccc(NC(=O)c2c(Cl)nc(-c3ccccc3)n2Cc2ccccc2)cc1C(=O)N1CCC(c2ccccc2)CC1. The molecule has 5 aromatic rings. The number of benzene rings is 4. The van der Waals surface area contributed by atoms with Crippen LogP contribution in [0.1, 0.15) is 56.3 Å². The number of imidazole rings is 1. The molecule has 1 saturated heterocycles. The molecule has 0 spiro atoms. The molecule has 6 rings (SSSR count). The first-order chi connectivity index (χ1) is 21.0. The van der Waals surface area contributed by atoms with Crippen LogP contribution in [0.4, 0.5) is 5.69 Å². The first-order valence-electron chi connectivity index (χ1n) is 14.6. The van der Waals surface area contributed by atoms with E-state index < -0.39 is 0 Å². The molecule has 43 heavy (non-hydrogen) atoms. The molecule has 0 atom stereocenters. The van der Waals surface area contributed by atoms with Crippen LogP contribution in [0, 0.1) is 6.92 Å². The highest BCUT2D eigenvalue weighted by molar-refractivity contribution is 6.33. The van der Waals surface area contributed by atoms with Crippen LogP contribution < -0.4 is 5.32 Å². The molecule has 1 N–H and O–H groups in total. The van der Waals surface area contributed by atoms with Crippen LogP contribution in [0.5, 0.6) is 0 Å². The normalized spacial score (nSPS) is 13.6. The Balaban J connectivity index is 1.23. The molecular formula is C36H33ClN4O2. The second-order valence-corrected chi connectivity index (χ2v) is 11.3. The minimum absolute atomic E-state index is 0.0152. The van der Waals surface area contributed by atoms with Crippen LogP contribution >= 0.6 is 11.6 Å².